The Balaban J connectivity index is 1.87. The van der Waals surface area contributed by atoms with Crippen LogP contribution in [0.4, 0.5) is 5.69 Å². The molecule has 2 nitrogen and oxygen atoms in total. The van der Waals surface area contributed by atoms with Crippen LogP contribution in [0.15, 0.2) is 16.6 Å². The zero-order valence-electron chi connectivity index (χ0n) is 10.6. The Morgan fingerprint density at radius 3 is 2.42 bits per heavy atom. The number of rotatable bonds is 5. The summed E-state index contributed by atoms with van der Waals surface area (Å²) in [6.07, 6.45) is 5.61. The molecule has 1 aromatic carbocycles. The highest BCUT2D eigenvalue weighted by atomic mass is 79.9. The fraction of sp³-hybridized carbons (Fsp3) is 0.571. The molecule has 5 heteroatoms. The molecule has 19 heavy (non-hydrogen) atoms. The fourth-order valence-electron chi connectivity index (χ4n) is 2.65. The minimum absolute atomic E-state index is 0.348. The maximum atomic E-state index is 10.0. The molecule has 0 amide bonds. The van der Waals surface area contributed by atoms with E-state index in [0.717, 1.165) is 10.9 Å². The van der Waals surface area contributed by atoms with E-state index in [9.17, 15) is 5.11 Å². The van der Waals surface area contributed by atoms with Gasteiger partial charge in [-0.1, -0.05) is 64.8 Å². The summed E-state index contributed by atoms with van der Waals surface area (Å²) < 4.78 is 0.847. The Morgan fingerprint density at radius 2 is 1.84 bits per heavy atom. The lowest BCUT2D eigenvalue weighted by atomic mass is 10.00. The van der Waals surface area contributed by atoms with Crippen molar-refractivity contribution >= 4 is 44.8 Å². The first kappa shape index (κ1) is 15.4. The molecule has 0 saturated heterocycles. The lowest BCUT2D eigenvalue weighted by molar-refractivity contribution is 0.155. The van der Waals surface area contributed by atoms with Crippen molar-refractivity contribution in [3.8, 4) is 0 Å². The Morgan fingerprint density at radius 1 is 1.26 bits per heavy atom. The molecule has 1 aromatic rings. The zero-order chi connectivity index (χ0) is 13.8. The number of hydrogen-bond acceptors (Lipinski definition) is 2. The molecular weight excluding hydrogens is 349 g/mol. The summed E-state index contributed by atoms with van der Waals surface area (Å²) in [5.41, 5.74) is 0.692. The first-order chi connectivity index (χ1) is 9.06. The second-order valence-corrected chi connectivity index (χ2v) is 6.90. The Hall–Kier alpha value is 0.0400. The molecular formula is C14H18BrCl2NO. The van der Waals surface area contributed by atoms with Crippen LogP contribution in [0.5, 0.6) is 0 Å². The van der Waals surface area contributed by atoms with Gasteiger partial charge in [0.2, 0.25) is 0 Å². The van der Waals surface area contributed by atoms with Crippen LogP contribution in [0.1, 0.15) is 32.1 Å². The van der Waals surface area contributed by atoms with E-state index in [0.29, 0.717) is 28.2 Å². The van der Waals surface area contributed by atoms with Crippen LogP contribution in [0.25, 0.3) is 0 Å². The van der Waals surface area contributed by atoms with E-state index in [2.05, 4.69) is 21.2 Å². The average Bonchev–Trinajstić information content (AvgIpc) is 2.80. The first-order valence-electron chi connectivity index (χ1n) is 6.62. The number of hydrogen-bond donors (Lipinski definition) is 2. The standard InChI is InChI=1S/C14H18BrCl2NO/c15-10-6-12(16)14(13(17)7-10)18-8-11(19)5-9-3-1-2-4-9/h6-7,9,11,18-19H,1-5,8H2. The van der Waals surface area contributed by atoms with Gasteiger partial charge in [-0.2, -0.15) is 0 Å². The van der Waals surface area contributed by atoms with E-state index < -0.39 is 0 Å². The first-order valence-corrected chi connectivity index (χ1v) is 8.17. The van der Waals surface area contributed by atoms with Crippen molar-refractivity contribution < 1.29 is 5.11 Å². The predicted octanol–water partition coefficient (Wildman–Crippen LogP) is 5.11. The SMILES string of the molecule is OC(CNc1c(Cl)cc(Br)cc1Cl)CC1CCCC1. The van der Waals surface area contributed by atoms with Gasteiger partial charge in [0.05, 0.1) is 21.8 Å². The highest BCUT2D eigenvalue weighted by molar-refractivity contribution is 9.10. The second kappa shape index (κ2) is 7.16. The number of benzene rings is 1. The Labute approximate surface area is 132 Å². The molecule has 1 unspecified atom stereocenters. The van der Waals surface area contributed by atoms with Crippen molar-refractivity contribution in [1.29, 1.82) is 0 Å². The van der Waals surface area contributed by atoms with Gasteiger partial charge in [-0.3, -0.25) is 0 Å². The van der Waals surface area contributed by atoms with Crippen molar-refractivity contribution in [2.45, 2.75) is 38.2 Å². The van der Waals surface area contributed by atoms with E-state index in [1.807, 2.05) is 0 Å². The average molecular weight is 367 g/mol. The van der Waals surface area contributed by atoms with Gasteiger partial charge >= 0.3 is 0 Å². The minimum atomic E-state index is -0.348. The largest absolute Gasteiger partial charge is 0.391 e. The minimum Gasteiger partial charge on any atom is -0.391 e. The molecule has 106 valence electrons. The number of nitrogens with one attached hydrogen (secondary N) is 1. The van der Waals surface area contributed by atoms with Crippen molar-refractivity contribution in [3.05, 3.63) is 26.7 Å². The lowest BCUT2D eigenvalue weighted by Crippen LogP contribution is -2.22. The van der Waals surface area contributed by atoms with Gasteiger partial charge in [0, 0.05) is 11.0 Å². The molecule has 0 spiro atoms. The van der Waals surface area contributed by atoms with E-state index >= 15 is 0 Å². The molecule has 0 radical (unpaired) electrons. The van der Waals surface area contributed by atoms with E-state index in [1.54, 1.807) is 12.1 Å². The monoisotopic (exact) mass is 365 g/mol. The molecule has 1 aliphatic carbocycles. The normalized spacial score (nSPS) is 17.7. The van der Waals surface area contributed by atoms with Crippen molar-refractivity contribution in [2.24, 2.45) is 5.92 Å². The van der Waals surface area contributed by atoms with Crippen LogP contribution in [0.2, 0.25) is 10.0 Å². The maximum Gasteiger partial charge on any atom is 0.0720 e. The number of aliphatic hydroxyl groups is 1. The summed E-state index contributed by atoms with van der Waals surface area (Å²) in [7, 11) is 0. The summed E-state index contributed by atoms with van der Waals surface area (Å²) in [5.74, 6) is 0.674. The van der Waals surface area contributed by atoms with Gasteiger partial charge in [0.15, 0.2) is 0 Å². The van der Waals surface area contributed by atoms with Crippen LogP contribution in [-0.4, -0.2) is 17.8 Å². The highest BCUT2D eigenvalue weighted by Crippen LogP contribution is 2.34. The molecule has 0 bridgehead atoms. The van der Waals surface area contributed by atoms with Crippen LogP contribution in [0.3, 0.4) is 0 Å². The zero-order valence-corrected chi connectivity index (χ0v) is 13.7. The Bertz CT molecular complexity index is 412. The van der Waals surface area contributed by atoms with Gasteiger partial charge < -0.3 is 10.4 Å². The van der Waals surface area contributed by atoms with Gasteiger partial charge in [-0.15, -0.1) is 0 Å². The highest BCUT2D eigenvalue weighted by Gasteiger charge is 2.19. The summed E-state index contributed by atoms with van der Waals surface area (Å²) >= 11 is 15.6. The van der Waals surface area contributed by atoms with Crippen molar-refractivity contribution in [2.75, 3.05) is 11.9 Å². The molecule has 1 saturated carbocycles. The summed E-state index contributed by atoms with van der Waals surface area (Å²) in [6.45, 7) is 0.484. The summed E-state index contributed by atoms with van der Waals surface area (Å²) in [5, 5.41) is 14.3. The molecule has 1 fully saturated rings. The smallest absolute Gasteiger partial charge is 0.0720 e. The van der Waals surface area contributed by atoms with E-state index in [4.69, 9.17) is 23.2 Å². The van der Waals surface area contributed by atoms with Gasteiger partial charge in [-0.25, -0.2) is 0 Å². The third-order valence-corrected chi connectivity index (χ3v) is 4.66. The van der Waals surface area contributed by atoms with Crippen LogP contribution in [0, 0.1) is 5.92 Å². The Kier molecular flexibility index (Phi) is 5.82. The van der Waals surface area contributed by atoms with Crippen LogP contribution in [-0.2, 0) is 0 Å². The van der Waals surface area contributed by atoms with Gasteiger partial charge in [-0.05, 0) is 24.5 Å². The topological polar surface area (TPSA) is 32.3 Å². The third kappa shape index (κ3) is 4.52. The fourth-order valence-corrected chi connectivity index (χ4v) is 3.99. The van der Waals surface area contributed by atoms with E-state index in [1.165, 1.54) is 25.7 Å². The quantitative estimate of drug-likeness (QED) is 0.758. The predicted molar refractivity (Wildman–Crippen MR) is 85.2 cm³/mol. The summed E-state index contributed by atoms with van der Waals surface area (Å²) in [4.78, 5) is 0. The third-order valence-electron chi connectivity index (χ3n) is 3.60. The molecule has 2 N–H and O–H groups in total. The number of anilines is 1. The lowest BCUT2D eigenvalue weighted by Gasteiger charge is -2.18. The molecule has 2 rings (SSSR count). The number of halogens is 3. The van der Waals surface area contributed by atoms with Crippen molar-refractivity contribution in [3.63, 3.8) is 0 Å². The summed E-state index contributed by atoms with van der Waals surface area (Å²) in [6, 6.07) is 3.58. The van der Waals surface area contributed by atoms with Crippen LogP contribution < -0.4 is 5.32 Å². The van der Waals surface area contributed by atoms with Gasteiger partial charge in [0.25, 0.3) is 0 Å². The molecule has 0 heterocycles. The molecule has 1 atom stereocenters. The molecule has 0 aromatic heterocycles. The van der Waals surface area contributed by atoms with Gasteiger partial charge in [0.1, 0.15) is 0 Å². The van der Waals surface area contributed by atoms with Crippen molar-refractivity contribution in [1.82, 2.24) is 0 Å². The second-order valence-electron chi connectivity index (χ2n) is 5.17. The number of aliphatic hydroxyl groups excluding tert-OH is 1. The molecule has 0 aliphatic heterocycles. The van der Waals surface area contributed by atoms with E-state index in [-0.39, 0.29) is 6.10 Å². The molecule has 1 aliphatic rings. The maximum absolute atomic E-state index is 10.0. The van der Waals surface area contributed by atoms with Crippen LogP contribution >= 0.6 is 39.1 Å².